The summed E-state index contributed by atoms with van der Waals surface area (Å²) < 4.78 is 11.8. The van der Waals surface area contributed by atoms with Crippen LogP contribution < -0.4 is 0 Å². The van der Waals surface area contributed by atoms with Crippen LogP contribution in [0.5, 0.6) is 0 Å². The predicted octanol–water partition coefficient (Wildman–Crippen LogP) is 5.99. The van der Waals surface area contributed by atoms with E-state index in [1.165, 1.54) is 0 Å². The summed E-state index contributed by atoms with van der Waals surface area (Å²) in [6.07, 6.45) is -0.435. The monoisotopic (exact) mass is 549 g/mol. The molecule has 3 aromatic carbocycles. The lowest BCUT2D eigenvalue weighted by atomic mass is 9.76. The smallest absolute Gasteiger partial charge is 0.231 e. The molecule has 0 radical (unpaired) electrons. The second kappa shape index (κ2) is 12.0. The highest BCUT2D eigenvalue weighted by Gasteiger charge is 2.49. The molecule has 1 heterocycles. The minimum absolute atomic E-state index is 0.0155. The van der Waals surface area contributed by atoms with Gasteiger partial charge in [0, 0.05) is 11.1 Å². The van der Waals surface area contributed by atoms with E-state index in [-0.39, 0.29) is 48.2 Å². The summed E-state index contributed by atoms with van der Waals surface area (Å²) in [6, 6.07) is 28.7. The summed E-state index contributed by atoms with van der Waals surface area (Å²) in [7, 11) is 0. The molecule has 5 rings (SSSR count). The first-order valence-corrected chi connectivity index (χ1v) is 14.1. The number of hydrogen-bond donors (Lipinski definition) is 0. The first-order chi connectivity index (χ1) is 19.8. The first-order valence-electron chi connectivity index (χ1n) is 14.1. The number of ether oxygens (including phenoxy) is 2. The van der Waals surface area contributed by atoms with Gasteiger partial charge in [0.1, 0.15) is 0 Å². The van der Waals surface area contributed by atoms with E-state index in [9.17, 15) is 14.4 Å². The molecule has 2 aliphatic rings. The zero-order valence-electron chi connectivity index (χ0n) is 23.9. The highest BCUT2D eigenvalue weighted by atomic mass is 16.5. The van der Waals surface area contributed by atoms with Gasteiger partial charge in [-0.1, -0.05) is 91.0 Å². The van der Waals surface area contributed by atoms with Gasteiger partial charge >= 0.3 is 0 Å². The Morgan fingerprint density at radius 3 is 1.63 bits per heavy atom. The summed E-state index contributed by atoms with van der Waals surface area (Å²) in [5.41, 5.74) is 3.24. The van der Waals surface area contributed by atoms with Crippen LogP contribution in [0.2, 0.25) is 0 Å². The Bertz CT molecular complexity index is 1450. The molecule has 0 saturated heterocycles. The molecule has 6 heteroatoms. The Hall–Kier alpha value is -4.45. The first kappa shape index (κ1) is 28.1. The van der Waals surface area contributed by atoms with Gasteiger partial charge in [-0.05, 0) is 50.8 Å². The van der Waals surface area contributed by atoms with Gasteiger partial charge in [0.2, 0.25) is 29.0 Å². The van der Waals surface area contributed by atoms with Crippen molar-refractivity contribution in [2.45, 2.75) is 52.4 Å². The molecule has 1 unspecified atom stereocenters. The standard InChI is InChI=1S/C35H35NO5/c1-22(2)40-33-31(37)28-21-36(30(25-16-10-6-11-17-25)26-18-12-7-13-19-26)35(39)27(20-24-14-8-5-9-15-24)29(28)32(38)34(33)41-23(3)4/h5-19,22-23,27,30H,20-21H2,1-4H3. The molecule has 1 aliphatic carbocycles. The van der Waals surface area contributed by atoms with Crippen LogP contribution in [-0.4, -0.2) is 41.1 Å². The SMILES string of the molecule is CC(C)OC1=C(OC(C)C)C(=O)C2=C(CN(C(c3ccccc3)c3ccccc3)C(=O)C2Cc2ccccc2)C1=O. The summed E-state index contributed by atoms with van der Waals surface area (Å²) in [6.45, 7) is 7.18. The molecule has 1 aliphatic heterocycles. The maximum atomic E-state index is 14.6. The number of ketones is 2. The second-order valence-corrected chi connectivity index (χ2v) is 11.0. The zero-order chi connectivity index (χ0) is 29.1. The van der Waals surface area contributed by atoms with Crippen molar-refractivity contribution in [1.82, 2.24) is 4.90 Å². The van der Waals surface area contributed by atoms with Crippen LogP contribution in [-0.2, 0) is 30.3 Å². The summed E-state index contributed by atoms with van der Waals surface area (Å²) in [5.74, 6) is -2.11. The number of hydrogen-bond acceptors (Lipinski definition) is 5. The average molecular weight is 550 g/mol. The summed E-state index contributed by atoms with van der Waals surface area (Å²) in [4.78, 5) is 44.6. The Labute approximate surface area is 241 Å². The zero-order valence-corrected chi connectivity index (χ0v) is 23.9. The van der Waals surface area contributed by atoms with E-state index in [1.807, 2.05) is 91.0 Å². The molecule has 41 heavy (non-hydrogen) atoms. The van der Waals surface area contributed by atoms with Crippen molar-refractivity contribution in [3.63, 3.8) is 0 Å². The number of Topliss-reactive ketones (excluding diaryl/α,β-unsaturated/α-hetero) is 2. The van der Waals surface area contributed by atoms with E-state index in [2.05, 4.69) is 0 Å². The van der Waals surface area contributed by atoms with Crippen LogP contribution in [0, 0.1) is 5.92 Å². The van der Waals surface area contributed by atoms with E-state index in [0.717, 1.165) is 16.7 Å². The van der Waals surface area contributed by atoms with E-state index < -0.39 is 23.5 Å². The number of carbonyl (C=O) groups excluding carboxylic acids is 3. The van der Waals surface area contributed by atoms with Crippen molar-refractivity contribution in [1.29, 1.82) is 0 Å². The molecule has 0 saturated carbocycles. The number of amides is 1. The molecular weight excluding hydrogens is 514 g/mol. The van der Waals surface area contributed by atoms with Crippen molar-refractivity contribution >= 4 is 17.5 Å². The molecule has 6 nitrogen and oxygen atoms in total. The van der Waals surface area contributed by atoms with Crippen molar-refractivity contribution < 1.29 is 23.9 Å². The van der Waals surface area contributed by atoms with Crippen molar-refractivity contribution in [3.05, 3.63) is 130 Å². The fraction of sp³-hybridized carbons (Fsp3) is 0.286. The number of rotatable bonds is 9. The lowest BCUT2D eigenvalue weighted by Crippen LogP contribution is -2.50. The third-order valence-corrected chi connectivity index (χ3v) is 7.25. The van der Waals surface area contributed by atoms with Gasteiger partial charge < -0.3 is 14.4 Å². The number of benzene rings is 3. The fourth-order valence-electron chi connectivity index (χ4n) is 5.59. The van der Waals surface area contributed by atoms with Crippen LogP contribution in [0.15, 0.2) is 114 Å². The van der Waals surface area contributed by atoms with Gasteiger partial charge in [0.25, 0.3) is 0 Å². The fourth-order valence-corrected chi connectivity index (χ4v) is 5.59. The van der Waals surface area contributed by atoms with Gasteiger partial charge in [-0.3, -0.25) is 14.4 Å². The van der Waals surface area contributed by atoms with Gasteiger partial charge in [0.15, 0.2) is 0 Å². The van der Waals surface area contributed by atoms with Crippen LogP contribution in [0.3, 0.4) is 0 Å². The maximum Gasteiger partial charge on any atom is 0.231 e. The Morgan fingerprint density at radius 1 is 0.683 bits per heavy atom. The number of carbonyl (C=O) groups is 3. The molecule has 0 bridgehead atoms. The van der Waals surface area contributed by atoms with E-state index >= 15 is 0 Å². The minimum Gasteiger partial charge on any atom is -0.483 e. The largest absolute Gasteiger partial charge is 0.483 e. The molecule has 1 amide bonds. The van der Waals surface area contributed by atoms with Crippen LogP contribution in [0.25, 0.3) is 0 Å². The molecule has 0 aromatic heterocycles. The van der Waals surface area contributed by atoms with E-state index in [4.69, 9.17) is 9.47 Å². The number of allylic oxidation sites excluding steroid dienone is 2. The Kier molecular flexibility index (Phi) is 8.20. The van der Waals surface area contributed by atoms with Crippen molar-refractivity contribution in [2.75, 3.05) is 6.54 Å². The summed E-state index contributed by atoms with van der Waals surface area (Å²) >= 11 is 0. The van der Waals surface area contributed by atoms with Gasteiger partial charge in [-0.25, -0.2) is 0 Å². The van der Waals surface area contributed by atoms with Gasteiger partial charge in [-0.2, -0.15) is 0 Å². The molecule has 0 N–H and O–H groups in total. The lowest BCUT2D eigenvalue weighted by molar-refractivity contribution is -0.139. The quantitative estimate of drug-likeness (QED) is 0.307. The second-order valence-electron chi connectivity index (χ2n) is 11.0. The molecule has 0 fully saturated rings. The van der Waals surface area contributed by atoms with E-state index in [1.54, 1.807) is 32.6 Å². The molecule has 210 valence electrons. The van der Waals surface area contributed by atoms with Crippen LogP contribution in [0.1, 0.15) is 50.4 Å². The number of nitrogens with zero attached hydrogens (tertiary/aromatic N) is 1. The van der Waals surface area contributed by atoms with Gasteiger partial charge in [0.05, 0.1) is 30.7 Å². The third-order valence-electron chi connectivity index (χ3n) is 7.25. The Morgan fingerprint density at radius 2 is 1.15 bits per heavy atom. The van der Waals surface area contributed by atoms with Crippen molar-refractivity contribution in [3.8, 4) is 0 Å². The average Bonchev–Trinajstić information content (AvgIpc) is 2.97. The molecule has 0 spiro atoms. The highest BCUT2D eigenvalue weighted by molar-refractivity contribution is 6.26. The molecule has 1 atom stereocenters. The van der Waals surface area contributed by atoms with Crippen molar-refractivity contribution in [2.24, 2.45) is 5.92 Å². The maximum absolute atomic E-state index is 14.6. The topological polar surface area (TPSA) is 72.9 Å². The summed E-state index contributed by atoms with van der Waals surface area (Å²) in [5, 5.41) is 0. The van der Waals surface area contributed by atoms with Gasteiger partial charge in [-0.15, -0.1) is 0 Å². The molecular formula is C35H35NO5. The van der Waals surface area contributed by atoms with Crippen LogP contribution >= 0.6 is 0 Å². The van der Waals surface area contributed by atoms with Crippen LogP contribution in [0.4, 0.5) is 0 Å². The van der Waals surface area contributed by atoms with E-state index in [0.29, 0.717) is 5.57 Å². The third kappa shape index (κ3) is 5.73. The molecule has 3 aromatic rings. The lowest BCUT2D eigenvalue weighted by Gasteiger charge is -2.41. The highest BCUT2D eigenvalue weighted by Crippen LogP contribution is 2.41. The predicted molar refractivity (Wildman–Crippen MR) is 157 cm³/mol. The Balaban J connectivity index is 1.68. The minimum atomic E-state index is -0.862. The normalized spacial score (nSPS) is 17.6.